The molecular weight excluding hydrogens is 250 g/mol. The van der Waals surface area contributed by atoms with E-state index < -0.39 is 27.1 Å². The van der Waals surface area contributed by atoms with E-state index in [0.717, 1.165) is 12.3 Å². The van der Waals surface area contributed by atoms with Gasteiger partial charge in [0.15, 0.2) is 21.5 Å². The van der Waals surface area contributed by atoms with Crippen molar-refractivity contribution in [2.24, 2.45) is 0 Å². The Morgan fingerprint density at radius 1 is 1.35 bits per heavy atom. The van der Waals surface area contributed by atoms with Gasteiger partial charge in [0.05, 0.1) is 10.5 Å². The molecule has 0 unspecified atom stereocenters. The molecule has 0 amide bonds. The minimum absolute atomic E-state index is 0.0564. The van der Waals surface area contributed by atoms with E-state index in [0.29, 0.717) is 18.9 Å². The smallest absolute Gasteiger partial charge is 0.175 e. The predicted molar refractivity (Wildman–Crippen MR) is 57.4 cm³/mol. The van der Waals surface area contributed by atoms with Crippen molar-refractivity contribution >= 4 is 9.84 Å². The summed E-state index contributed by atoms with van der Waals surface area (Å²) in [5.41, 5.74) is -1.09. The van der Waals surface area contributed by atoms with Crippen molar-refractivity contribution in [3.63, 3.8) is 0 Å². The van der Waals surface area contributed by atoms with Gasteiger partial charge in [-0.3, -0.25) is 0 Å². The topological polar surface area (TPSA) is 54.4 Å². The summed E-state index contributed by atoms with van der Waals surface area (Å²) in [4.78, 5) is -0.268. The molecule has 0 saturated heterocycles. The van der Waals surface area contributed by atoms with Gasteiger partial charge in [-0.25, -0.2) is 17.2 Å². The van der Waals surface area contributed by atoms with Gasteiger partial charge in [-0.2, -0.15) is 0 Å². The van der Waals surface area contributed by atoms with Gasteiger partial charge < -0.3 is 5.11 Å². The highest BCUT2D eigenvalue weighted by molar-refractivity contribution is 7.90. The molecule has 94 valence electrons. The molecule has 2 rings (SSSR count). The first-order chi connectivity index (χ1) is 7.71. The Morgan fingerprint density at radius 3 is 2.41 bits per heavy atom. The van der Waals surface area contributed by atoms with Crippen LogP contribution in [0.1, 0.15) is 18.4 Å². The molecule has 1 aliphatic rings. The highest BCUT2D eigenvalue weighted by Crippen LogP contribution is 2.39. The highest BCUT2D eigenvalue weighted by Gasteiger charge is 2.41. The summed E-state index contributed by atoms with van der Waals surface area (Å²) in [6.07, 6.45) is 1.92. The molecule has 1 aromatic rings. The van der Waals surface area contributed by atoms with Crippen LogP contribution in [-0.4, -0.2) is 25.4 Å². The third kappa shape index (κ3) is 2.63. The first-order valence-electron chi connectivity index (χ1n) is 5.12. The highest BCUT2D eigenvalue weighted by atomic mass is 32.2. The summed E-state index contributed by atoms with van der Waals surface area (Å²) in [6.45, 7) is 0. The summed E-state index contributed by atoms with van der Waals surface area (Å²) < 4.78 is 49.2. The molecule has 0 atom stereocenters. The van der Waals surface area contributed by atoms with E-state index in [4.69, 9.17) is 0 Å². The van der Waals surface area contributed by atoms with Crippen LogP contribution in [0.2, 0.25) is 0 Å². The Morgan fingerprint density at radius 2 is 1.94 bits per heavy atom. The van der Waals surface area contributed by atoms with Crippen molar-refractivity contribution in [3.05, 3.63) is 29.3 Å². The molecule has 1 fully saturated rings. The number of sulfone groups is 1. The molecule has 3 nitrogen and oxygen atoms in total. The second kappa shape index (κ2) is 3.74. The largest absolute Gasteiger partial charge is 0.390 e. The fourth-order valence-corrected chi connectivity index (χ4v) is 2.31. The van der Waals surface area contributed by atoms with Crippen LogP contribution in [-0.2, 0) is 16.3 Å². The van der Waals surface area contributed by atoms with Crippen molar-refractivity contribution in [1.29, 1.82) is 0 Å². The second-order valence-corrected chi connectivity index (χ2v) is 6.57. The molecule has 1 aliphatic carbocycles. The van der Waals surface area contributed by atoms with Gasteiger partial charge in [-0.1, -0.05) is 0 Å². The van der Waals surface area contributed by atoms with Crippen LogP contribution in [0.4, 0.5) is 8.78 Å². The van der Waals surface area contributed by atoms with Crippen LogP contribution in [0, 0.1) is 11.6 Å². The van der Waals surface area contributed by atoms with Crippen molar-refractivity contribution in [1.82, 2.24) is 0 Å². The zero-order valence-corrected chi connectivity index (χ0v) is 10.0. The lowest BCUT2D eigenvalue weighted by atomic mass is 10.1. The average molecular weight is 262 g/mol. The van der Waals surface area contributed by atoms with Crippen molar-refractivity contribution < 1.29 is 22.3 Å². The molecular formula is C11H12F2O3S. The molecule has 17 heavy (non-hydrogen) atoms. The Kier molecular flexibility index (Phi) is 2.74. The lowest BCUT2D eigenvalue weighted by Crippen LogP contribution is -2.13. The van der Waals surface area contributed by atoms with E-state index in [9.17, 15) is 22.3 Å². The second-order valence-electron chi connectivity index (χ2n) is 4.55. The van der Waals surface area contributed by atoms with Crippen LogP contribution in [0.3, 0.4) is 0 Å². The first-order valence-corrected chi connectivity index (χ1v) is 7.01. The van der Waals surface area contributed by atoms with Crippen LogP contribution < -0.4 is 0 Å². The van der Waals surface area contributed by atoms with E-state index in [2.05, 4.69) is 0 Å². The molecule has 6 heteroatoms. The summed E-state index contributed by atoms with van der Waals surface area (Å²) in [7, 11) is -3.59. The van der Waals surface area contributed by atoms with E-state index in [1.54, 1.807) is 0 Å². The Hall–Kier alpha value is -1.01. The fourth-order valence-electron chi connectivity index (χ4n) is 1.64. The molecule has 1 aromatic carbocycles. The van der Waals surface area contributed by atoms with Gasteiger partial charge in [-0.15, -0.1) is 0 Å². The van der Waals surface area contributed by atoms with Crippen molar-refractivity contribution in [2.75, 3.05) is 6.26 Å². The Bertz CT molecular complexity index is 562. The fraction of sp³-hybridized carbons (Fsp3) is 0.455. The number of hydrogen-bond donors (Lipinski definition) is 1. The average Bonchev–Trinajstić information content (AvgIpc) is 2.89. The lowest BCUT2D eigenvalue weighted by Gasteiger charge is -2.10. The standard InChI is InChI=1S/C11H12F2O3S/c1-17(15,16)8-4-7(6-11(14)2-3-11)10(13)9(12)5-8/h4-5,14H,2-3,6H2,1H3. The number of benzene rings is 1. The zero-order valence-electron chi connectivity index (χ0n) is 9.20. The summed E-state index contributed by atoms with van der Waals surface area (Å²) in [6, 6.07) is 1.75. The number of aliphatic hydroxyl groups is 1. The normalized spacial score (nSPS) is 18.1. The SMILES string of the molecule is CS(=O)(=O)c1cc(F)c(F)c(CC2(O)CC2)c1. The molecule has 1 N–H and O–H groups in total. The number of hydrogen-bond acceptors (Lipinski definition) is 3. The molecule has 0 bridgehead atoms. The van der Waals surface area contributed by atoms with Crippen molar-refractivity contribution in [2.45, 2.75) is 29.8 Å². The van der Waals surface area contributed by atoms with Crippen LogP contribution >= 0.6 is 0 Å². The van der Waals surface area contributed by atoms with Crippen molar-refractivity contribution in [3.8, 4) is 0 Å². The maximum Gasteiger partial charge on any atom is 0.175 e. The quantitative estimate of drug-likeness (QED) is 0.838. The van der Waals surface area contributed by atoms with Gasteiger partial charge in [-0.05, 0) is 30.5 Å². The van der Waals surface area contributed by atoms with Crippen LogP contribution in [0.5, 0.6) is 0 Å². The monoisotopic (exact) mass is 262 g/mol. The molecule has 0 spiro atoms. The number of rotatable bonds is 3. The molecule has 0 aliphatic heterocycles. The van der Waals surface area contributed by atoms with E-state index in [-0.39, 0.29) is 16.9 Å². The predicted octanol–water partition coefficient (Wildman–Crippen LogP) is 1.44. The van der Waals surface area contributed by atoms with Gasteiger partial charge in [0.25, 0.3) is 0 Å². The van der Waals surface area contributed by atoms with Gasteiger partial charge in [0, 0.05) is 12.7 Å². The molecule has 0 aromatic heterocycles. The van der Waals surface area contributed by atoms with E-state index in [1.807, 2.05) is 0 Å². The molecule has 1 saturated carbocycles. The van der Waals surface area contributed by atoms with Gasteiger partial charge >= 0.3 is 0 Å². The van der Waals surface area contributed by atoms with E-state index >= 15 is 0 Å². The zero-order chi connectivity index (χ0) is 12.8. The maximum atomic E-state index is 13.4. The molecule has 0 heterocycles. The first kappa shape index (κ1) is 12.4. The minimum atomic E-state index is -3.59. The van der Waals surface area contributed by atoms with Crippen LogP contribution in [0.15, 0.2) is 17.0 Å². The molecule has 0 radical (unpaired) electrons. The maximum absolute atomic E-state index is 13.4. The third-order valence-electron chi connectivity index (χ3n) is 2.85. The Balaban J connectivity index is 2.47. The van der Waals surface area contributed by atoms with Gasteiger partial charge in [0.1, 0.15) is 0 Å². The summed E-state index contributed by atoms with van der Waals surface area (Å²) in [5, 5.41) is 9.65. The van der Waals surface area contributed by atoms with E-state index in [1.165, 1.54) is 0 Å². The van der Waals surface area contributed by atoms with Crippen LogP contribution in [0.25, 0.3) is 0 Å². The summed E-state index contributed by atoms with van der Waals surface area (Å²) >= 11 is 0. The number of halogens is 2. The Labute approximate surface area is 98.0 Å². The summed E-state index contributed by atoms with van der Waals surface area (Å²) in [5.74, 6) is -2.29. The third-order valence-corrected chi connectivity index (χ3v) is 3.94. The minimum Gasteiger partial charge on any atom is -0.390 e. The van der Waals surface area contributed by atoms with Gasteiger partial charge in [0.2, 0.25) is 0 Å². The lowest BCUT2D eigenvalue weighted by molar-refractivity contribution is 0.149.